The van der Waals surface area contributed by atoms with Crippen molar-refractivity contribution >= 4 is 12.2 Å². The van der Waals surface area contributed by atoms with Gasteiger partial charge in [-0.3, -0.25) is 9.59 Å². The molecule has 0 saturated carbocycles. The maximum Gasteiger partial charge on any atom is 0.256 e. The van der Waals surface area contributed by atoms with Gasteiger partial charge in [0.2, 0.25) is 0 Å². The zero-order chi connectivity index (χ0) is 18.0. The van der Waals surface area contributed by atoms with Crippen molar-refractivity contribution in [3.05, 3.63) is 71.9 Å². The van der Waals surface area contributed by atoms with Gasteiger partial charge in [-0.25, -0.2) is 4.68 Å². The molecule has 0 amide bonds. The van der Waals surface area contributed by atoms with Gasteiger partial charge in [0.1, 0.15) is 11.4 Å². The number of para-hydroxylation sites is 1. The van der Waals surface area contributed by atoms with Crippen molar-refractivity contribution in [2.24, 2.45) is 0 Å². The van der Waals surface area contributed by atoms with Gasteiger partial charge in [0, 0.05) is 11.8 Å². The topological polar surface area (TPSA) is 72.2 Å². The Labute approximate surface area is 145 Å². The number of hydrogen-bond donors (Lipinski definition) is 1. The maximum atomic E-state index is 13.0. The lowest BCUT2D eigenvalue weighted by Gasteiger charge is -2.23. The molecule has 0 aliphatic rings. The summed E-state index contributed by atoms with van der Waals surface area (Å²) < 4.78 is 1.18. The number of nitrogens with zero attached hydrogens (tertiary/aromatic N) is 2. The molecule has 1 aromatic heterocycles. The first-order valence-electron chi connectivity index (χ1n) is 7.88. The Kier molecular flexibility index (Phi) is 4.23. The van der Waals surface area contributed by atoms with E-state index in [1.807, 2.05) is 44.2 Å². The summed E-state index contributed by atoms with van der Waals surface area (Å²) in [5.41, 5.74) is 0.980. The molecule has 0 bridgehead atoms. The quantitative estimate of drug-likeness (QED) is 0.739. The number of carbonyl (C=O) groups excluding carboxylic acids is 2. The molecule has 25 heavy (non-hydrogen) atoms. The Morgan fingerprint density at radius 3 is 2.36 bits per heavy atom. The van der Waals surface area contributed by atoms with E-state index in [1.54, 1.807) is 18.2 Å². The number of aromatic hydroxyl groups is 1. The molecule has 0 atom stereocenters. The highest BCUT2D eigenvalue weighted by atomic mass is 16.3. The van der Waals surface area contributed by atoms with Crippen LogP contribution in [0.4, 0.5) is 0 Å². The predicted octanol–water partition coefficient (Wildman–Crippen LogP) is 3.69. The summed E-state index contributed by atoms with van der Waals surface area (Å²) >= 11 is 0. The highest BCUT2D eigenvalue weighted by molar-refractivity contribution is 5.93. The SMILES string of the molecule is CC(C)(C(=O)n1cc(C=O)c(-c2ccccc2O)n1)c1ccccc1. The number of aldehydes is 1. The van der Waals surface area contributed by atoms with Crippen LogP contribution in [-0.2, 0) is 5.41 Å². The van der Waals surface area contributed by atoms with Gasteiger partial charge < -0.3 is 5.11 Å². The second kappa shape index (κ2) is 6.36. The molecule has 3 rings (SSSR count). The van der Waals surface area contributed by atoms with Gasteiger partial charge in [-0.1, -0.05) is 42.5 Å². The van der Waals surface area contributed by atoms with Crippen molar-refractivity contribution in [1.29, 1.82) is 0 Å². The van der Waals surface area contributed by atoms with E-state index in [1.165, 1.54) is 16.9 Å². The van der Waals surface area contributed by atoms with Crippen molar-refractivity contribution in [2.45, 2.75) is 19.3 Å². The minimum atomic E-state index is -0.816. The standard InChI is InChI=1S/C20H18N2O3/c1-20(2,15-8-4-3-5-9-15)19(25)22-12-14(13-23)18(21-22)16-10-6-7-11-17(16)24/h3-13,24H,1-2H3. The number of hydrogen-bond acceptors (Lipinski definition) is 4. The van der Waals surface area contributed by atoms with Crippen molar-refractivity contribution in [2.75, 3.05) is 0 Å². The molecule has 2 aromatic carbocycles. The molecule has 126 valence electrons. The van der Waals surface area contributed by atoms with Crippen LogP contribution in [0.2, 0.25) is 0 Å². The average Bonchev–Trinajstić information content (AvgIpc) is 3.06. The van der Waals surface area contributed by atoms with E-state index in [2.05, 4.69) is 5.10 Å². The van der Waals surface area contributed by atoms with E-state index in [9.17, 15) is 14.7 Å². The van der Waals surface area contributed by atoms with Crippen LogP contribution in [-0.4, -0.2) is 27.1 Å². The molecule has 0 spiro atoms. The van der Waals surface area contributed by atoms with Crippen LogP contribution in [0.3, 0.4) is 0 Å². The minimum Gasteiger partial charge on any atom is -0.507 e. The van der Waals surface area contributed by atoms with Crippen molar-refractivity contribution in [3.8, 4) is 17.0 Å². The molecule has 1 heterocycles. The third-order valence-corrected chi connectivity index (χ3v) is 4.27. The smallest absolute Gasteiger partial charge is 0.256 e. The van der Waals surface area contributed by atoms with E-state index < -0.39 is 5.41 Å². The summed E-state index contributed by atoms with van der Waals surface area (Å²) in [6, 6.07) is 16.0. The summed E-state index contributed by atoms with van der Waals surface area (Å²) in [4.78, 5) is 24.4. The lowest BCUT2D eigenvalue weighted by molar-refractivity contribution is 0.0805. The van der Waals surface area contributed by atoms with Crippen LogP contribution in [0.1, 0.15) is 34.6 Å². The minimum absolute atomic E-state index is 0.00520. The van der Waals surface area contributed by atoms with Gasteiger partial charge >= 0.3 is 0 Å². The Morgan fingerprint density at radius 1 is 1.08 bits per heavy atom. The lowest BCUT2D eigenvalue weighted by atomic mass is 9.84. The zero-order valence-electron chi connectivity index (χ0n) is 14.0. The van der Waals surface area contributed by atoms with E-state index in [4.69, 9.17) is 0 Å². The molecule has 1 N–H and O–H groups in total. The molecular weight excluding hydrogens is 316 g/mol. The normalized spacial score (nSPS) is 11.3. The summed E-state index contributed by atoms with van der Waals surface area (Å²) in [7, 11) is 0. The molecule has 0 aliphatic heterocycles. The third-order valence-electron chi connectivity index (χ3n) is 4.27. The molecule has 5 nitrogen and oxygen atoms in total. The van der Waals surface area contributed by atoms with Crippen LogP contribution in [0, 0.1) is 0 Å². The number of phenolic OH excluding ortho intramolecular Hbond substituents is 1. The molecule has 5 heteroatoms. The van der Waals surface area contributed by atoms with Gasteiger partial charge in [-0.15, -0.1) is 0 Å². The van der Waals surface area contributed by atoms with Crippen molar-refractivity contribution in [3.63, 3.8) is 0 Å². The zero-order valence-corrected chi connectivity index (χ0v) is 14.0. The molecule has 0 aliphatic carbocycles. The Bertz CT molecular complexity index is 927. The van der Waals surface area contributed by atoms with Gasteiger partial charge in [0.05, 0.1) is 11.0 Å². The Balaban J connectivity index is 2.06. The van der Waals surface area contributed by atoms with Gasteiger partial charge in [-0.2, -0.15) is 5.10 Å². The monoisotopic (exact) mass is 334 g/mol. The second-order valence-corrected chi connectivity index (χ2v) is 6.31. The van der Waals surface area contributed by atoms with Crippen LogP contribution < -0.4 is 0 Å². The fraction of sp³-hybridized carbons (Fsp3) is 0.150. The number of aromatic nitrogens is 2. The Morgan fingerprint density at radius 2 is 1.72 bits per heavy atom. The first-order chi connectivity index (χ1) is 11.9. The van der Waals surface area contributed by atoms with E-state index >= 15 is 0 Å². The number of phenols is 1. The van der Waals surface area contributed by atoms with Crippen LogP contribution in [0.5, 0.6) is 5.75 Å². The summed E-state index contributed by atoms with van der Waals surface area (Å²) in [6.07, 6.45) is 2.04. The van der Waals surface area contributed by atoms with E-state index in [-0.39, 0.29) is 22.9 Å². The predicted molar refractivity (Wildman–Crippen MR) is 94.8 cm³/mol. The molecule has 3 aromatic rings. The Hall–Kier alpha value is -3.21. The summed E-state index contributed by atoms with van der Waals surface area (Å²) in [6.45, 7) is 3.62. The van der Waals surface area contributed by atoms with Gasteiger partial charge in [-0.05, 0) is 31.5 Å². The molecule has 0 radical (unpaired) electrons. The van der Waals surface area contributed by atoms with Crippen LogP contribution >= 0.6 is 0 Å². The highest BCUT2D eigenvalue weighted by Gasteiger charge is 2.32. The fourth-order valence-electron chi connectivity index (χ4n) is 2.73. The van der Waals surface area contributed by atoms with Crippen LogP contribution in [0.25, 0.3) is 11.3 Å². The summed E-state index contributed by atoms with van der Waals surface area (Å²) in [5.74, 6) is -0.255. The van der Waals surface area contributed by atoms with Crippen LogP contribution in [0.15, 0.2) is 60.8 Å². The van der Waals surface area contributed by atoms with Gasteiger partial charge in [0.25, 0.3) is 5.91 Å². The first-order valence-corrected chi connectivity index (χ1v) is 7.88. The fourth-order valence-corrected chi connectivity index (χ4v) is 2.73. The molecular formula is C20H18N2O3. The highest BCUT2D eigenvalue weighted by Crippen LogP contribution is 2.31. The summed E-state index contributed by atoms with van der Waals surface area (Å²) in [5, 5.41) is 14.3. The molecule has 0 saturated heterocycles. The number of benzene rings is 2. The average molecular weight is 334 g/mol. The number of rotatable bonds is 4. The second-order valence-electron chi connectivity index (χ2n) is 6.31. The molecule has 0 fully saturated rings. The maximum absolute atomic E-state index is 13.0. The van der Waals surface area contributed by atoms with Crippen molar-refractivity contribution in [1.82, 2.24) is 9.78 Å². The molecule has 0 unspecified atom stereocenters. The van der Waals surface area contributed by atoms with Gasteiger partial charge in [0.15, 0.2) is 6.29 Å². The largest absolute Gasteiger partial charge is 0.507 e. The van der Waals surface area contributed by atoms with E-state index in [0.29, 0.717) is 11.8 Å². The third kappa shape index (κ3) is 2.96. The van der Waals surface area contributed by atoms with Crippen molar-refractivity contribution < 1.29 is 14.7 Å². The van der Waals surface area contributed by atoms with E-state index in [0.717, 1.165) is 5.56 Å². The first kappa shape index (κ1) is 16.6. The lowest BCUT2D eigenvalue weighted by Crippen LogP contribution is -2.34. The number of carbonyl (C=O) groups is 2.